The summed E-state index contributed by atoms with van der Waals surface area (Å²) < 4.78 is 0. The molecule has 2 heterocycles. The minimum atomic E-state index is -0.0772. The van der Waals surface area contributed by atoms with E-state index in [0.717, 1.165) is 10.5 Å². The average molecular weight is 264 g/mol. The topological polar surface area (TPSA) is 42.0 Å². The molecule has 2 aromatic heterocycles. The molecule has 0 aliphatic heterocycles. The van der Waals surface area contributed by atoms with Crippen molar-refractivity contribution >= 4 is 29.9 Å². The molecule has 0 aliphatic rings. The van der Waals surface area contributed by atoms with Gasteiger partial charge in [0.2, 0.25) is 0 Å². The normalized spacial score (nSPS) is 12.1. The van der Waals surface area contributed by atoms with Crippen molar-refractivity contribution in [1.82, 2.24) is 10.3 Å². The summed E-state index contributed by atoms with van der Waals surface area (Å²) in [4.78, 5) is 17.4. The minimum absolute atomic E-state index is 0.0540. The molecule has 17 heavy (non-hydrogen) atoms. The summed E-state index contributed by atoms with van der Waals surface area (Å²) in [5.41, 5.74) is 0.989. The van der Waals surface area contributed by atoms with Crippen LogP contribution in [0.1, 0.15) is 28.2 Å². The molecule has 0 aromatic carbocycles. The van der Waals surface area contributed by atoms with Gasteiger partial charge in [0.05, 0.1) is 10.9 Å². The maximum atomic E-state index is 11.9. The Morgan fingerprint density at radius 1 is 1.59 bits per heavy atom. The third kappa shape index (κ3) is 3.08. The van der Waals surface area contributed by atoms with Crippen molar-refractivity contribution in [1.29, 1.82) is 0 Å². The van der Waals surface area contributed by atoms with Crippen LogP contribution in [-0.4, -0.2) is 10.9 Å². The van der Waals surface area contributed by atoms with E-state index in [1.165, 1.54) is 11.3 Å². The van der Waals surface area contributed by atoms with Crippen LogP contribution in [0.4, 0.5) is 0 Å². The molecule has 2 aromatic rings. The maximum absolute atomic E-state index is 11.9. The number of amides is 1. The van der Waals surface area contributed by atoms with Crippen LogP contribution in [-0.2, 0) is 0 Å². The van der Waals surface area contributed by atoms with Gasteiger partial charge in [-0.15, -0.1) is 24.0 Å². The fourth-order valence-electron chi connectivity index (χ4n) is 1.43. The number of carbonyl (C=O) groups is 1. The number of hydrogen-bond acceptors (Lipinski definition) is 4. The molecule has 0 bridgehead atoms. The standard InChI is InChI=1S/C12H12N2OS2/c1-8(9-3-2-4-13-6-9)14-12(15)11-5-10(16)7-17-11/h2-8,16H,1H3,(H,14,15). The van der Waals surface area contributed by atoms with Gasteiger partial charge in [-0.2, -0.15) is 0 Å². The van der Waals surface area contributed by atoms with Gasteiger partial charge in [0.1, 0.15) is 0 Å². The highest BCUT2D eigenvalue weighted by atomic mass is 32.1. The van der Waals surface area contributed by atoms with Crippen LogP contribution in [0.25, 0.3) is 0 Å². The van der Waals surface area contributed by atoms with Gasteiger partial charge in [0, 0.05) is 22.7 Å². The number of carbonyl (C=O) groups excluding carboxylic acids is 1. The SMILES string of the molecule is CC(NC(=O)c1cc(S)cs1)c1cccnc1. The lowest BCUT2D eigenvalue weighted by molar-refractivity contribution is 0.0944. The number of thiol groups is 1. The predicted octanol–water partition coefficient (Wildman–Crippen LogP) is 2.92. The first kappa shape index (κ1) is 12.1. The Hall–Kier alpha value is -1.33. The smallest absolute Gasteiger partial charge is 0.261 e. The first-order valence-corrected chi connectivity index (χ1v) is 6.48. The molecule has 0 radical (unpaired) electrons. The van der Waals surface area contributed by atoms with Crippen molar-refractivity contribution in [3.63, 3.8) is 0 Å². The lowest BCUT2D eigenvalue weighted by Crippen LogP contribution is -2.25. The molecular formula is C12H12N2OS2. The van der Waals surface area contributed by atoms with Crippen LogP contribution < -0.4 is 5.32 Å². The fraction of sp³-hybridized carbons (Fsp3) is 0.167. The van der Waals surface area contributed by atoms with Gasteiger partial charge in [0.15, 0.2) is 0 Å². The molecule has 3 nitrogen and oxygen atoms in total. The van der Waals surface area contributed by atoms with Crippen LogP contribution in [0.2, 0.25) is 0 Å². The van der Waals surface area contributed by atoms with Crippen molar-refractivity contribution in [2.75, 3.05) is 0 Å². The Morgan fingerprint density at radius 3 is 3.00 bits per heavy atom. The van der Waals surface area contributed by atoms with E-state index in [1.807, 2.05) is 24.4 Å². The summed E-state index contributed by atoms with van der Waals surface area (Å²) in [5, 5.41) is 4.76. The summed E-state index contributed by atoms with van der Waals surface area (Å²) in [7, 11) is 0. The second kappa shape index (κ2) is 5.33. The molecule has 1 unspecified atom stereocenters. The van der Waals surface area contributed by atoms with Gasteiger partial charge in [0.25, 0.3) is 5.91 Å². The van der Waals surface area contributed by atoms with Crippen molar-refractivity contribution in [3.05, 3.63) is 46.4 Å². The molecule has 2 rings (SSSR count). The van der Waals surface area contributed by atoms with Crippen molar-refractivity contribution in [2.45, 2.75) is 17.9 Å². The van der Waals surface area contributed by atoms with Crippen LogP contribution in [0.5, 0.6) is 0 Å². The molecule has 1 N–H and O–H groups in total. The Kier molecular flexibility index (Phi) is 3.81. The van der Waals surface area contributed by atoms with E-state index in [0.29, 0.717) is 4.88 Å². The number of aromatic nitrogens is 1. The Labute approximate surface area is 109 Å². The summed E-state index contributed by atoms with van der Waals surface area (Å²) in [6.45, 7) is 1.93. The summed E-state index contributed by atoms with van der Waals surface area (Å²) in [6, 6.07) is 5.51. The van der Waals surface area contributed by atoms with Gasteiger partial charge in [-0.25, -0.2) is 0 Å². The number of pyridine rings is 1. The average Bonchev–Trinajstić information content (AvgIpc) is 2.77. The highest BCUT2D eigenvalue weighted by Crippen LogP contribution is 2.19. The van der Waals surface area contributed by atoms with E-state index in [9.17, 15) is 4.79 Å². The van der Waals surface area contributed by atoms with Gasteiger partial charge < -0.3 is 5.32 Å². The molecule has 1 atom stereocenters. The Bertz CT molecular complexity index is 510. The molecule has 0 saturated heterocycles. The molecule has 0 fully saturated rings. The van der Waals surface area contributed by atoms with E-state index in [2.05, 4.69) is 22.9 Å². The molecule has 5 heteroatoms. The quantitative estimate of drug-likeness (QED) is 0.837. The number of nitrogens with zero attached hydrogens (tertiary/aromatic N) is 1. The summed E-state index contributed by atoms with van der Waals surface area (Å²) in [5.74, 6) is -0.0772. The van der Waals surface area contributed by atoms with Gasteiger partial charge in [-0.1, -0.05) is 6.07 Å². The number of hydrogen-bond donors (Lipinski definition) is 2. The molecular weight excluding hydrogens is 252 g/mol. The second-order valence-electron chi connectivity index (χ2n) is 3.65. The third-order valence-corrected chi connectivity index (χ3v) is 3.70. The largest absolute Gasteiger partial charge is 0.345 e. The Morgan fingerprint density at radius 2 is 2.41 bits per heavy atom. The lowest BCUT2D eigenvalue weighted by atomic mass is 10.1. The van der Waals surface area contributed by atoms with Gasteiger partial charge in [-0.05, 0) is 24.6 Å². The minimum Gasteiger partial charge on any atom is -0.345 e. The number of thiophene rings is 1. The zero-order valence-electron chi connectivity index (χ0n) is 9.25. The predicted molar refractivity (Wildman–Crippen MR) is 71.7 cm³/mol. The van der Waals surface area contributed by atoms with Crippen LogP contribution >= 0.6 is 24.0 Å². The van der Waals surface area contributed by atoms with Gasteiger partial charge in [-0.3, -0.25) is 9.78 Å². The van der Waals surface area contributed by atoms with Gasteiger partial charge >= 0.3 is 0 Å². The third-order valence-electron chi connectivity index (χ3n) is 2.34. The maximum Gasteiger partial charge on any atom is 0.261 e. The number of rotatable bonds is 3. The number of nitrogens with one attached hydrogen (secondary N) is 1. The van der Waals surface area contributed by atoms with Crippen molar-refractivity contribution < 1.29 is 4.79 Å². The monoisotopic (exact) mass is 264 g/mol. The summed E-state index contributed by atoms with van der Waals surface area (Å²) >= 11 is 5.57. The summed E-state index contributed by atoms with van der Waals surface area (Å²) in [6.07, 6.45) is 3.47. The van der Waals surface area contributed by atoms with Crippen molar-refractivity contribution in [2.24, 2.45) is 0 Å². The molecule has 0 saturated carbocycles. The Balaban J connectivity index is 2.04. The van der Waals surface area contributed by atoms with Crippen LogP contribution in [0, 0.1) is 0 Å². The van der Waals surface area contributed by atoms with E-state index < -0.39 is 0 Å². The zero-order valence-corrected chi connectivity index (χ0v) is 11.0. The first-order valence-electron chi connectivity index (χ1n) is 5.15. The van der Waals surface area contributed by atoms with Crippen LogP contribution in [0.15, 0.2) is 40.9 Å². The highest BCUT2D eigenvalue weighted by molar-refractivity contribution is 7.80. The highest BCUT2D eigenvalue weighted by Gasteiger charge is 2.12. The van der Waals surface area contributed by atoms with E-state index >= 15 is 0 Å². The molecule has 88 valence electrons. The van der Waals surface area contributed by atoms with Crippen LogP contribution in [0.3, 0.4) is 0 Å². The lowest BCUT2D eigenvalue weighted by Gasteiger charge is -2.12. The molecule has 0 aliphatic carbocycles. The van der Waals surface area contributed by atoms with Crippen molar-refractivity contribution in [3.8, 4) is 0 Å². The molecule has 1 amide bonds. The van der Waals surface area contributed by atoms with E-state index in [-0.39, 0.29) is 11.9 Å². The first-order chi connectivity index (χ1) is 8.16. The zero-order chi connectivity index (χ0) is 12.3. The molecule has 0 spiro atoms. The fourth-order valence-corrected chi connectivity index (χ4v) is 2.48. The van der Waals surface area contributed by atoms with E-state index in [1.54, 1.807) is 18.5 Å². The second-order valence-corrected chi connectivity index (χ2v) is 5.08. The van der Waals surface area contributed by atoms with E-state index in [4.69, 9.17) is 0 Å².